The highest BCUT2D eigenvalue weighted by molar-refractivity contribution is 6.09. The normalized spacial score (nSPS) is 24.0. The van der Waals surface area contributed by atoms with Crippen LogP contribution in [0.2, 0.25) is 0 Å². The number of amides is 1. The number of carbonyl (C=O) groups excluding carboxylic acids is 2. The van der Waals surface area contributed by atoms with E-state index in [0.717, 1.165) is 19.3 Å². The maximum Gasteiger partial charge on any atom is 0.415 e. The molecule has 3 rings (SSSR count). The minimum Gasteiger partial charge on any atom is -0.443 e. The third-order valence-electron chi connectivity index (χ3n) is 4.22. The van der Waals surface area contributed by atoms with Crippen molar-refractivity contribution in [2.75, 3.05) is 4.90 Å². The van der Waals surface area contributed by atoms with Crippen molar-refractivity contribution in [2.45, 2.75) is 51.7 Å². The van der Waals surface area contributed by atoms with Crippen LogP contribution in [0.15, 0.2) is 18.2 Å². The van der Waals surface area contributed by atoms with Gasteiger partial charge < -0.3 is 4.74 Å². The monoisotopic (exact) mass is 305 g/mol. The number of anilines is 1. The van der Waals surface area contributed by atoms with Gasteiger partial charge in [-0.05, 0) is 51.8 Å². The molecular weight excluding hydrogens is 285 g/mol. The predicted octanol–water partition coefficient (Wildman–Crippen LogP) is 3.93. The highest BCUT2D eigenvalue weighted by Gasteiger charge is 2.46. The maximum absolute atomic E-state index is 13.5. The third kappa shape index (κ3) is 2.49. The van der Waals surface area contributed by atoms with Crippen LogP contribution in [0.1, 0.15) is 50.4 Å². The molecule has 0 unspecified atom stereocenters. The number of benzene rings is 1. The van der Waals surface area contributed by atoms with E-state index in [1.165, 1.54) is 18.2 Å². The van der Waals surface area contributed by atoms with Crippen molar-refractivity contribution < 1.29 is 18.7 Å². The lowest BCUT2D eigenvalue weighted by molar-refractivity contribution is 0.0550. The van der Waals surface area contributed by atoms with Crippen molar-refractivity contribution in [1.29, 1.82) is 0 Å². The molecule has 1 amide bonds. The molecule has 0 radical (unpaired) electrons. The highest BCUT2D eigenvalue weighted by Crippen LogP contribution is 2.42. The molecule has 1 aromatic carbocycles. The molecule has 118 valence electrons. The smallest absolute Gasteiger partial charge is 0.415 e. The Morgan fingerprint density at radius 2 is 2.05 bits per heavy atom. The van der Waals surface area contributed by atoms with Crippen molar-refractivity contribution in [1.82, 2.24) is 0 Å². The van der Waals surface area contributed by atoms with Crippen molar-refractivity contribution in [3.63, 3.8) is 0 Å². The number of ether oxygens (including phenoxy) is 1. The van der Waals surface area contributed by atoms with Gasteiger partial charge in [-0.15, -0.1) is 0 Å². The van der Waals surface area contributed by atoms with Gasteiger partial charge >= 0.3 is 6.09 Å². The Morgan fingerprint density at radius 1 is 1.32 bits per heavy atom. The Labute approximate surface area is 129 Å². The largest absolute Gasteiger partial charge is 0.443 e. The second-order valence-electron chi connectivity index (χ2n) is 6.98. The van der Waals surface area contributed by atoms with E-state index in [-0.39, 0.29) is 23.3 Å². The Morgan fingerprint density at radius 3 is 2.73 bits per heavy atom. The molecule has 0 N–H and O–H groups in total. The average molecular weight is 305 g/mol. The molecule has 2 atom stereocenters. The standard InChI is InChI=1S/C17H20FNO3/c1-17(2,3)22-16(21)19-13-6-4-5-11(13)15(20)12-9-10(18)7-8-14(12)19/h7-9,11,13H,4-6H2,1-3H3/t11-,13+/m1/s1. The fraction of sp³-hybridized carbons (Fsp3) is 0.529. The van der Waals surface area contributed by atoms with Gasteiger partial charge in [0, 0.05) is 11.5 Å². The first-order chi connectivity index (χ1) is 10.3. The molecule has 1 aliphatic carbocycles. The topological polar surface area (TPSA) is 46.6 Å². The van der Waals surface area contributed by atoms with E-state index in [4.69, 9.17) is 4.74 Å². The van der Waals surface area contributed by atoms with E-state index >= 15 is 0 Å². The van der Waals surface area contributed by atoms with Gasteiger partial charge in [-0.3, -0.25) is 9.69 Å². The lowest BCUT2D eigenvalue weighted by atomic mass is 9.86. The first-order valence-corrected chi connectivity index (χ1v) is 7.64. The van der Waals surface area contributed by atoms with Crippen LogP contribution in [-0.4, -0.2) is 23.5 Å². The molecule has 0 bridgehead atoms. The van der Waals surface area contributed by atoms with E-state index in [9.17, 15) is 14.0 Å². The lowest BCUT2D eigenvalue weighted by Crippen LogP contribution is -2.50. The zero-order valence-corrected chi connectivity index (χ0v) is 13.1. The molecule has 1 aromatic rings. The molecule has 0 saturated heterocycles. The van der Waals surface area contributed by atoms with E-state index < -0.39 is 17.5 Å². The summed E-state index contributed by atoms with van der Waals surface area (Å²) < 4.78 is 19.0. The molecule has 1 aliphatic heterocycles. The molecule has 0 spiro atoms. The quantitative estimate of drug-likeness (QED) is 0.729. The molecule has 4 nitrogen and oxygen atoms in total. The van der Waals surface area contributed by atoms with E-state index in [1.54, 1.807) is 25.7 Å². The van der Waals surface area contributed by atoms with Crippen LogP contribution in [-0.2, 0) is 4.74 Å². The van der Waals surface area contributed by atoms with Gasteiger partial charge in [0.2, 0.25) is 0 Å². The van der Waals surface area contributed by atoms with Crippen LogP contribution in [0.3, 0.4) is 0 Å². The summed E-state index contributed by atoms with van der Waals surface area (Å²) in [7, 11) is 0. The van der Waals surface area contributed by atoms with Crippen molar-refractivity contribution in [3.8, 4) is 0 Å². The van der Waals surface area contributed by atoms with Crippen LogP contribution in [0.5, 0.6) is 0 Å². The maximum atomic E-state index is 13.5. The Kier molecular flexibility index (Phi) is 3.46. The number of carbonyl (C=O) groups is 2. The van der Waals surface area contributed by atoms with Gasteiger partial charge in [-0.1, -0.05) is 6.42 Å². The molecule has 5 heteroatoms. The number of hydrogen-bond acceptors (Lipinski definition) is 3. The van der Waals surface area contributed by atoms with Crippen LogP contribution >= 0.6 is 0 Å². The van der Waals surface area contributed by atoms with Crippen molar-refractivity contribution >= 4 is 17.6 Å². The summed E-state index contributed by atoms with van der Waals surface area (Å²) in [5.74, 6) is -0.772. The number of Topliss-reactive ketones (excluding diaryl/α,β-unsaturated/α-hetero) is 1. The summed E-state index contributed by atoms with van der Waals surface area (Å²) in [5.41, 5.74) is 0.130. The molecular formula is C17H20FNO3. The van der Waals surface area contributed by atoms with Gasteiger partial charge in [0.1, 0.15) is 11.4 Å². The lowest BCUT2D eigenvalue weighted by Gasteiger charge is -2.38. The first kappa shape index (κ1) is 15.0. The Bertz CT molecular complexity index is 635. The molecule has 0 aromatic heterocycles. The van der Waals surface area contributed by atoms with Gasteiger partial charge in [-0.2, -0.15) is 0 Å². The zero-order valence-electron chi connectivity index (χ0n) is 13.1. The second kappa shape index (κ2) is 5.07. The molecule has 22 heavy (non-hydrogen) atoms. The van der Waals surface area contributed by atoms with E-state index in [2.05, 4.69) is 0 Å². The predicted molar refractivity (Wildman–Crippen MR) is 80.6 cm³/mol. The van der Waals surface area contributed by atoms with Gasteiger partial charge in [-0.25, -0.2) is 9.18 Å². The number of nitrogens with zero attached hydrogens (tertiary/aromatic N) is 1. The van der Waals surface area contributed by atoms with Crippen molar-refractivity contribution in [3.05, 3.63) is 29.6 Å². The summed E-state index contributed by atoms with van der Waals surface area (Å²) in [6.07, 6.45) is 1.92. The van der Waals surface area contributed by atoms with Gasteiger partial charge in [0.05, 0.1) is 11.7 Å². The molecule has 1 heterocycles. The first-order valence-electron chi connectivity index (χ1n) is 7.64. The third-order valence-corrected chi connectivity index (χ3v) is 4.22. The Balaban J connectivity index is 2.06. The van der Waals surface area contributed by atoms with E-state index in [0.29, 0.717) is 5.69 Å². The second-order valence-corrected chi connectivity index (χ2v) is 6.98. The SMILES string of the molecule is CC(C)(C)OC(=O)N1c2ccc(F)cc2C(=O)[C@@H]2CCC[C@@H]21. The fourth-order valence-corrected chi connectivity index (χ4v) is 3.39. The minimum atomic E-state index is -0.618. The summed E-state index contributed by atoms with van der Waals surface area (Å²) in [6.45, 7) is 5.41. The van der Waals surface area contributed by atoms with Crippen LogP contribution < -0.4 is 4.90 Å². The minimum absolute atomic E-state index is 0.0585. The number of ketones is 1. The Hall–Kier alpha value is -1.91. The number of rotatable bonds is 0. The molecule has 1 fully saturated rings. The van der Waals surface area contributed by atoms with Crippen LogP contribution in [0.25, 0.3) is 0 Å². The summed E-state index contributed by atoms with van der Waals surface area (Å²) >= 11 is 0. The number of halogens is 1. The average Bonchev–Trinajstić information content (AvgIpc) is 2.87. The van der Waals surface area contributed by atoms with Gasteiger partial charge in [0.15, 0.2) is 5.78 Å². The van der Waals surface area contributed by atoms with Gasteiger partial charge in [0.25, 0.3) is 0 Å². The van der Waals surface area contributed by atoms with Crippen LogP contribution in [0.4, 0.5) is 14.9 Å². The van der Waals surface area contributed by atoms with Crippen LogP contribution in [0, 0.1) is 11.7 Å². The zero-order chi connectivity index (χ0) is 16.1. The fourth-order valence-electron chi connectivity index (χ4n) is 3.39. The summed E-state index contributed by atoms with van der Waals surface area (Å²) in [5, 5.41) is 0. The number of hydrogen-bond donors (Lipinski definition) is 0. The molecule has 2 aliphatic rings. The number of fused-ring (bicyclic) bond motifs is 2. The van der Waals surface area contributed by atoms with Crippen molar-refractivity contribution in [2.24, 2.45) is 5.92 Å². The summed E-state index contributed by atoms with van der Waals surface area (Å²) in [4.78, 5) is 26.7. The highest BCUT2D eigenvalue weighted by atomic mass is 19.1. The van der Waals surface area contributed by atoms with E-state index in [1.807, 2.05) is 0 Å². The summed E-state index contributed by atoms with van der Waals surface area (Å²) in [6, 6.07) is 3.82. The molecule has 1 saturated carbocycles.